The zero-order valence-corrected chi connectivity index (χ0v) is 20.7. The Kier molecular flexibility index (Phi) is 5.85. The van der Waals surface area contributed by atoms with Crippen molar-refractivity contribution in [3.05, 3.63) is 156 Å². The normalized spacial score (nSPS) is 15.1. The third-order valence-electron chi connectivity index (χ3n) is 7.15. The van der Waals surface area contributed by atoms with Crippen LogP contribution in [0.3, 0.4) is 0 Å². The molecule has 2 heterocycles. The van der Waals surface area contributed by atoms with Gasteiger partial charge < -0.3 is 0 Å². The fourth-order valence-corrected chi connectivity index (χ4v) is 5.41. The molecule has 6 rings (SSSR count). The lowest BCUT2D eigenvalue weighted by molar-refractivity contribution is -0.121. The number of carbonyl (C=O) groups excluding carboxylic acids is 4. The van der Waals surface area contributed by atoms with E-state index in [0.717, 1.165) is 32.1 Å². The Morgan fingerprint density at radius 1 is 0.359 bits per heavy atom. The predicted molar refractivity (Wildman–Crippen MR) is 148 cm³/mol. The number of rotatable bonds is 6. The molecule has 2 aliphatic rings. The van der Waals surface area contributed by atoms with Gasteiger partial charge in [0.05, 0.1) is 16.8 Å². The van der Waals surface area contributed by atoms with Crippen LogP contribution >= 0.6 is 0 Å². The summed E-state index contributed by atoms with van der Waals surface area (Å²) in [4.78, 5) is 51.4. The van der Waals surface area contributed by atoms with Crippen molar-refractivity contribution in [2.45, 2.75) is 5.41 Å². The number of nitrogens with zero attached hydrogens (tertiary/aromatic N) is 2. The van der Waals surface area contributed by atoms with E-state index in [1.807, 2.05) is 60.7 Å². The highest BCUT2D eigenvalue weighted by Gasteiger charge is 2.39. The van der Waals surface area contributed by atoms with Crippen LogP contribution in [0, 0.1) is 0 Å². The van der Waals surface area contributed by atoms with Gasteiger partial charge >= 0.3 is 0 Å². The molecule has 6 nitrogen and oxygen atoms in total. The number of hydrogen-bond donors (Lipinski definition) is 0. The fourth-order valence-electron chi connectivity index (χ4n) is 5.41. The van der Waals surface area contributed by atoms with Gasteiger partial charge in [0.2, 0.25) is 0 Å². The topological polar surface area (TPSA) is 74.8 Å². The molecule has 0 aliphatic carbocycles. The van der Waals surface area contributed by atoms with Crippen LogP contribution in [0.1, 0.15) is 22.3 Å². The second-order valence-electron chi connectivity index (χ2n) is 9.27. The first-order valence-electron chi connectivity index (χ1n) is 12.4. The molecule has 0 spiro atoms. The van der Waals surface area contributed by atoms with E-state index in [9.17, 15) is 19.2 Å². The molecule has 0 bridgehead atoms. The first-order chi connectivity index (χ1) is 19.0. The maximum absolute atomic E-state index is 12.3. The Labute approximate surface area is 225 Å². The summed E-state index contributed by atoms with van der Waals surface area (Å²) in [6.45, 7) is 0. The average molecular weight is 511 g/mol. The maximum atomic E-state index is 12.3. The van der Waals surface area contributed by atoms with Crippen LogP contribution in [0.25, 0.3) is 0 Å². The molecular weight excluding hydrogens is 488 g/mol. The molecule has 0 saturated carbocycles. The Balaban J connectivity index is 1.54. The van der Waals surface area contributed by atoms with E-state index in [4.69, 9.17) is 0 Å². The van der Waals surface area contributed by atoms with Gasteiger partial charge in [-0.15, -0.1) is 0 Å². The SMILES string of the molecule is O=C1C=CC(=O)N1c1ccc(C(c2ccccc2)(c2ccccc2)c2ccc(N3C(=O)C=CC3=O)cc2)cc1. The van der Waals surface area contributed by atoms with Gasteiger partial charge in [0.1, 0.15) is 0 Å². The molecular formula is C33H22N2O4. The standard InChI is InChI=1S/C33H22N2O4/c36-29-19-20-30(37)34(29)27-15-11-25(12-16-27)33(23-7-3-1-4-8-23,24-9-5-2-6-10-24)26-13-17-28(18-14-26)35-31(38)21-22-32(35)39/h1-22H. The van der Waals surface area contributed by atoms with Gasteiger partial charge in [0.25, 0.3) is 23.6 Å². The van der Waals surface area contributed by atoms with Crippen LogP contribution in [-0.2, 0) is 24.6 Å². The highest BCUT2D eigenvalue weighted by Crippen LogP contribution is 2.46. The number of benzene rings is 4. The minimum absolute atomic E-state index is 0.374. The molecule has 0 radical (unpaired) electrons. The van der Waals surface area contributed by atoms with Gasteiger partial charge in [-0.3, -0.25) is 19.2 Å². The first kappa shape index (κ1) is 24.0. The molecule has 188 valence electrons. The van der Waals surface area contributed by atoms with Gasteiger partial charge in [-0.05, 0) is 46.5 Å². The van der Waals surface area contributed by atoms with Crippen molar-refractivity contribution in [2.24, 2.45) is 0 Å². The number of imide groups is 2. The van der Waals surface area contributed by atoms with Crippen molar-refractivity contribution in [3.8, 4) is 0 Å². The van der Waals surface area contributed by atoms with E-state index in [0.29, 0.717) is 11.4 Å². The van der Waals surface area contributed by atoms with Crippen molar-refractivity contribution in [1.29, 1.82) is 0 Å². The summed E-state index contributed by atoms with van der Waals surface area (Å²) < 4.78 is 0. The molecule has 6 heteroatoms. The van der Waals surface area contributed by atoms with Gasteiger partial charge in [-0.2, -0.15) is 0 Å². The number of amides is 4. The van der Waals surface area contributed by atoms with Crippen molar-refractivity contribution >= 4 is 35.0 Å². The molecule has 4 aromatic carbocycles. The molecule has 4 aromatic rings. The monoisotopic (exact) mass is 510 g/mol. The lowest BCUT2D eigenvalue weighted by Crippen LogP contribution is -2.32. The molecule has 0 fully saturated rings. The van der Waals surface area contributed by atoms with E-state index < -0.39 is 5.41 Å². The van der Waals surface area contributed by atoms with E-state index in [-0.39, 0.29) is 23.6 Å². The smallest absolute Gasteiger partial charge is 0.258 e. The number of anilines is 2. The lowest BCUT2D eigenvalue weighted by atomic mass is 9.65. The third kappa shape index (κ3) is 3.90. The van der Waals surface area contributed by atoms with Gasteiger partial charge in [0.15, 0.2) is 0 Å². The maximum Gasteiger partial charge on any atom is 0.258 e. The number of hydrogen-bond acceptors (Lipinski definition) is 4. The molecule has 0 unspecified atom stereocenters. The molecule has 2 aliphatic heterocycles. The minimum Gasteiger partial charge on any atom is -0.269 e. The Morgan fingerprint density at radius 2 is 0.641 bits per heavy atom. The molecule has 0 aromatic heterocycles. The van der Waals surface area contributed by atoms with Gasteiger partial charge in [-0.25, -0.2) is 9.80 Å². The molecule has 0 N–H and O–H groups in total. The minimum atomic E-state index is -0.784. The average Bonchev–Trinajstić information content (AvgIpc) is 3.50. The van der Waals surface area contributed by atoms with E-state index in [1.165, 1.54) is 24.3 Å². The summed E-state index contributed by atoms with van der Waals surface area (Å²) in [6, 6.07) is 34.9. The molecule has 4 amide bonds. The van der Waals surface area contributed by atoms with Gasteiger partial charge in [-0.1, -0.05) is 84.9 Å². The number of carbonyl (C=O) groups is 4. The Morgan fingerprint density at radius 3 is 0.949 bits per heavy atom. The van der Waals surface area contributed by atoms with E-state index in [2.05, 4.69) is 24.3 Å². The second-order valence-corrected chi connectivity index (χ2v) is 9.27. The van der Waals surface area contributed by atoms with Crippen molar-refractivity contribution in [3.63, 3.8) is 0 Å². The second kappa shape index (κ2) is 9.50. The lowest BCUT2D eigenvalue weighted by Gasteiger charge is -2.37. The van der Waals surface area contributed by atoms with Crippen molar-refractivity contribution in [2.75, 3.05) is 9.80 Å². The molecule has 39 heavy (non-hydrogen) atoms. The Hall–Kier alpha value is -5.36. The van der Waals surface area contributed by atoms with Crippen LogP contribution in [0.2, 0.25) is 0 Å². The zero-order valence-electron chi connectivity index (χ0n) is 20.7. The summed E-state index contributed by atoms with van der Waals surface area (Å²) in [5.41, 5.74) is 4.03. The van der Waals surface area contributed by atoms with Crippen LogP contribution in [0.4, 0.5) is 11.4 Å². The van der Waals surface area contributed by atoms with Gasteiger partial charge in [0, 0.05) is 24.3 Å². The van der Waals surface area contributed by atoms with E-state index in [1.54, 1.807) is 24.3 Å². The molecule has 0 saturated heterocycles. The van der Waals surface area contributed by atoms with Crippen LogP contribution < -0.4 is 9.80 Å². The summed E-state index contributed by atoms with van der Waals surface area (Å²) in [7, 11) is 0. The largest absolute Gasteiger partial charge is 0.269 e. The first-order valence-corrected chi connectivity index (χ1v) is 12.4. The van der Waals surface area contributed by atoms with Crippen LogP contribution in [-0.4, -0.2) is 23.6 Å². The summed E-state index contributed by atoms with van der Waals surface area (Å²) in [6.07, 6.45) is 5.06. The van der Waals surface area contributed by atoms with Crippen molar-refractivity contribution < 1.29 is 19.2 Å². The summed E-state index contributed by atoms with van der Waals surface area (Å²) in [5, 5.41) is 0. The predicted octanol–water partition coefficient (Wildman–Crippen LogP) is 4.93. The zero-order chi connectivity index (χ0) is 27.0. The summed E-state index contributed by atoms with van der Waals surface area (Å²) in [5.74, 6) is -1.50. The summed E-state index contributed by atoms with van der Waals surface area (Å²) >= 11 is 0. The highest BCUT2D eigenvalue weighted by molar-refractivity contribution is 6.28. The molecule has 0 atom stereocenters. The van der Waals surface area contributed by atoms with Crippen LogP contribution in [0.15, 0.2) is 133 Å². The quantitative estimate of drug-likeness (QED) is 0.272. The Bertz CT molecular complexity index is 1490. The fraction of sp³-hybridized carbons (Fsp3) is 0.0303. The third-order valence-corrected chi connectivity index (χ3v) is 7.15. The van der Waals surface area contributed by atoms with E-state index >= 15 is 0 Å². The van der Waals surface area contributed by atoms with Crippen molar-refractivity contribution in [1.82, 2.24) is 0 Å². The van der Waals surface area contributed by atoms with Crippen LogP contribution in [0.5, 0.6) is 0 Å². The highest BCUT2D eigenvalue weighted by atomic mass is 16.2.